The fourth-order valence-corrected chi connectivity index (χ4v) is 2.55. The summed E-state index contributed by atoms with van der Waals surface area (Å²) >= 11 is 0. The average Bonchev–Trinajstić information content (AvgIpc) is 2.57. The maximum absolute atomic E-state index is 5.94. The van der Waals surface area contributed by atoms with Gasteiger partial charge < -0.3 is 14.2 Å². The van der Waals surface area contributed by atoms with Gasteiger partial charge in [-0.05, 0) is 25.0 Å². The van der Waals surface area contributed by atoms with E-state index in [1.165, 1.54) is 16.7 Å². The second-order valence-corrected chi connectivity index (χ2v) is 5.77. The van der Waals surface area contributed by atoms with Crippen LogP contribution in [0.1, 0.15) is 28.5 Å². The first-order chi connectivity index (χ1) is 10.7. The Labute approximate surface area is 131 Å². The number of aryl methyl sites for hydroxylation is 2. The molecule has 0 atom stereocenters. The van der Waals surface area contributed by atoms with Crippen LogP contribution in [-0.4, -0.2) is 19.3 Å². The Morgan fingerprint density at radius 3 is 2.45 bits per heavy atom. The molecule has 2 aromatic rings. The Balaban J connectivity index is 1.51. The molecule has 22 heavy (non-hydrogen) atoms. The second kappa shape index (κ2) is 7.05. The molecule has 1 saturated heterocycles. The number of benzene rings is 2. The van der Waals surface area contributed by atoms with Crippen LogP contribution < -0.4 is 0 Å². The van der Waals surface area contributed by atoms with Crippen molar-refractivity contribution in [1.82, 2.24) is 0 Å². The predicted molar refractivity (Wildman–Crippen MR) is 85.6 cm³/mol. The van der Waals surface area contributed by atoms with Gasteiger partial charge in [-0.1, -0.05) is 54.1 Å². The van der Waals surface area contributed by atoms with Gasteiger partial charge in [-0.3, -0.25) is 0 Å². The van der Waals surface area contributed by atoms with E-state index in [-0.39, 0.29) is 12.4 Å². The number of rotatable bonds is 4. The summed E-state index contributed by atoms with van der Waals surface area (Å²) in [5.41, 5.74) is 4.79. The van der Waals surface area contributed by atoms with Crippen LogP contribution in [0.15, 0.2) is 48.5 Å². The third kappa shape index (κ3) is 3.74. The molecule has 2 aromatic carbocycles. The Kier molecular flexibility index (Phi) is 4.88. The summed E-state index contributed by atoms with van der Waals surface area (Å²) < 4.78 is 17.5. The van der Waals surface area contributed by atoms with E-state index in [0.717, 1.165) is 5.56 Å². The number of hydrogen-bond donors (Lipinski definition) is 0. The minimum Gasteiger partial charge on any atom is -0.369 e. The van der Waals surface area contributed by atoms with Crippen molar-refractivity contribution in [3.05, 3.63) is 70.8 Å². The molecule has 1 aliphatic rings. The van der Waals surface area contributed by atoms with Crippen molar-refractivity contribution in [3.8, 4) is 0 Å². The zero-order chi connectivity index (χ0) is 15.4. The summed E-state index contributed by atoms with van der Waals surface area (Å²) in [5, 5.41) is 0. The summed E-state index contributed by atoms with van der Waals surface area (Å²) in [4.78, 5) is 0. The molecule has 0 unspecified atom stereocenters. The highest BCUT2D eigenvalue weighted by Crippen LogP contribution is 2.24. The van der Waals surface area contributed by atoms with Crippen LogP contribution in [0.4, 0.5) is 0 Å². The van der Waals surface area contributed by atoms with E-state index < -0.39 is 0 Å². The predicted octanol–water partition coefficient (Wildman–Crippen LogP) is 3.93. The molecular weight excluding hydrogens is 276 g/mol. The zero-order valence-electron chi connectivity index (χ0n) is 13.1. The highest BCUT2D eigenvalue weighted by Gasteiger charge is 2.23. The van der Waals surface area contributed by atoms with Gasteiger partial charge in [-0.2, -0.15) is 0 Å². The molecule has 0 aliphatic carbocycles. The molecule has 116 valence electrons. The van der Waals surface area contributed by atoms with Gasteiger partial charge >= 0.3 is 0 Å². The van der Waals surface area contributed by atoms with Gasteiger partial charge in [-0.15, -0.1) is 0 Å². The molecule has 1 fully saturated rings. The third-order valence-corrected chi connectivity index (χ3v) is 3.92. The minimum absolute atomic E-state index is 0.0140. The summed E-state index contributed by atoms with van der Waals surface area (Å²) in [6.45, 7) is 5.92. The van der Waals surface area contributed by atoms with Gasteiger partial charge in [0.25, 0.3) is 0 Å². The monoisotopic (exact) mass is 298 g/mol. The van der Waals surface area contributed by atoms with Crippen molar-refractivity contribution in [3.63, 3.8) is 0 Å². The Bertz CT molecular complexity index is 601. The van der Waals surface area contributed by atoms with Crippen molar-refractivity contribution >= 4 is 0 Å². The summed E-state index contributed by atoms with van der Waals surface area (Å²) in [5.74, 6) is 0. The van der Waals surface area contributed by atoms with Crippen LogP contribution in [0.5, 0.6) is 0 Å². The van der Waals surface area contributed by atoms with E-state index >= 15 is 0 Å². The third-order valence-electron chi connectivity index (χ3n) is 3.92. The Hall–Kier alpha value is -1.68. The molecule has 3 heteroatoms. The van der Waals surface area contributed by atoms with Crippen LogP contribution in [0.25, 0.3) is 0 Å². The lowest BCUT2D eigenvalue weighted by Gasteiger charge is -2.29. The van der Waals surface area contributed by atoms with Gasteiger partial charge in [-0.25, -0.2) is 0 Å². The fraction of sp³-hybridized carbons (Fsp3) is 0.368. The molecule has 0 spiro atoms. The molecule has 1 heterocycles. The molecule has 3 rings (SSSR count). The van der Waals surface area contributed by atoms with Gasteiger partial charge in [0.05, 0.1) is 19.8 Å². The fourth-order valence-electron chi connectivity index (χ4n) is 2.55. The van der Waals surface area contributed by atoms with Crippen LogP contribution in [0.3, 0.4) is 0 Å². The van der Waals surface area contributed by atoms with E-state index in [1.54, 1.807) is 0 Å². The molecule has 0 radical (unpaired) electrons. The van der Waals surface area contributed by atoms with Crippen molar-refractivity contribution in [1.29, 1.82) is 0 Å². The van der Waals surface area contributed by atoms with Crippen molar-refractivity contribution in [2.75, 3.05) is 13.2 Å². The smallest absolute Gasteiger partial charge is 0.184 e. The molecule has 0 amide bonds. The summed E-state index contributed by atoms with van der Waals surface area (Å²) in [6, 6.07) is 16.4. The first kappa shape index (κ1) is 15.2. The van der Waals surface area contributed by atoms with Gasteiger partial charge in [0.2, 0.25) is 0 Å². The first-order valence-electron chi connectivity index (χ1n) is 7.68. The molecule has 0 saturated carbocycles. The topological polar surface area (TPSA) is 27.7 Å². The maximum Gasteiger partial charge on any atom is 0.184 e. The molecule has 0 N–H and O–H groups in total. The number of hydrogen-bond acceptors (Lipinski definition) is 3. The summed E-state index contributed by atoms with van der Waals surface area (Å²) in [7, 11) is 0. The number of ether oxygens (including phenoxy) is 3. The Morgan fingerprint density at radius 1 is 1.00 bits per heavy atom. The van der Waals surface area contributed by atoms with E-state index in [4.69, 9.17) is 14.2 Å². The summed E-state index contributed by atoms with van der Waals surface area (Å²) in [6.07, 6.45) is -0.290. The van der Waals surface area contributed by atoms with E-state index in [1.807, 2.05) is 30.3 Å². The first-order valence-corrected chi connectivity index (χ1v) is 7.68. The van der Waals surface area contributed by atoms with Crippen molar-refractivity contribution in [2.24, 2.45) is 0 Å². The standard InChI is InChI=1S/C19H22O3/c1-14-8-9-15(2)17(10-14)11-20-18-12-21-19(22-13-18)16-6-4-3-5-7-16/h3-10,18-19H,11-13H2,1-2H3. The lowest BCUT2D eigenvalue weighted by Crippen LogP contribution is -2.33. The quantitative estimate of drug-likeness (QED) is 0.856. The molecular formula is C19H22O3. The molecule has 0 bridgehead atoms. The van der Waals surface area contributed by atoms with Gasteiger partial charge in [0.1, 0.15) is 6.10 Å². The van der Waals surface area contributed by atoms with Crippen molar-refractivity contribution < 1.29 is 14.2 Å². The van der Waals surface area contributed by atoms with Crippen molar-refractivity contribution in [2.45, 2.75) is 32.8 Å². The van der Waals surface area contributed by atoms with Gasteiger partial charge in [0.15, 0.2) is 6.29 Å². The van der Waals surface area contributed by atoms with Crippen LogP contribution in [-0.2, 0) is 20.8 Å². The highest BCUT2D eigenvalue weighted by molar-refractivity contribution is 5.29. The van der Waals surface area contributed by atoms with E-state index in [0.29, 0.717) is 19.8 Å². The highest BCUT2D eigenvalue weighted by atomic mass is 16.7. The van der Waals surface area contributed by atoms with E-state index in [2.05, 4.69) is 32.0 Å². The van der Waals surface area contributed by atoms with Gasteiger partial charge in [0, 0.05) is 5.56 Å². The average molecular weight is 298 g/mol. The van der Waals surface area contributed by atoms with Crippen LogP contribution >= 0.6 is 0 Å². The lowest BCUT2D eigenvalue weighted by molar-refractivity contribution is -0.232. The SMILES string of the molecule is Cc1ccc(C)c(COC2COC(c3ccccc3)OC2)c1. The Morgan fingerprint density at radius 2 is 1.73 bits per heavy atom. The largest absolute Gasteiger partial charge is 0.369 e. The second-order valence-electron chi connectivity index (χ2n) is 5.77. The maximum atomic E-state index is 5.94. The minimum atomic E-state index is -0.276. The van der Waals surface area contributed by atoms with E-state index in [9.17, 15) is 0 Å². The zero-order valence-corrected chi connectivity index (χ0v) is 13.1. The van der Waals surface area contributed by atoms with Crippen LogP contribution in [0.2, 0.25) is 0 Å². The molecule has 1 aliphatic heterocycles. The lowest BCUT2D eigenvalue weighted by atomic mass is 10.1. The normalized spacial score (nSPS) is 21.7. The van der Waals surface area contributed by atoms with Crippen LogP contribution in [0, 0.1) is 13.8 Å². The molecule has 3 nitrogen and oxygen atoms in total. The molecule has 0 aromatic heterocycles.